The van der Waals surface area contributed by atoms with Gasteiger partial charge in [-0.15, -0.1) is 0 Å². The smallest absolute Gasteiger partial charge is 0.320 e. The molecule has 2 aliphatic rings. The molecule has 41 heavy (non-hydrogen) atoms. The Morgan fingerprint density at radius 3 is 2.51 bits per heavy atom. The van der Waals surface area contributed by atoms with Gasteiger partial charge >= 0.3 is 6.03 Å². The number of piperazine rings is 1. The molecule has 0 bridgehead atoms. The van der Waals surface area contributed by atoms with Gasteiger partial charge in [0, 0.05) is 38.8 Å². The molecule has 0 radical (unpaired) electrons. The van der Waals surface area contributed by atoms with Crippen LogP contribution in [0.15, 0.2) is 36.5 Å². The first-order chi connectivity index (χ1) is 19.8. The van der Waals surface area contributed by atoms with Crippen molar-refractivity contribution >= 4 is 39.4 Å². The molecule has 2 saturated heterocycles. The second kappa shape index (κ2) is 10.6. The van der Waals surface area contributed by atoms with Crippen molar-refractivity contribution in [3.8, 4) is 17.3 Å². The molecule has 3 aromatic heterocycles. The minimum absolute atomic E-state index is 0.0987. The molecule has 4 aromatic rings. The van der Waals surface area contributed by atoms with Crippen LogP contribution in [0.5, 0.6) is 0 Å². The highest BCUT2D eigenvalue weighted by molar-refractivity contribution is 7.16. The normalized spacial score (nSPS) is 15.8. The molecule has 13 heteroatoms. The summed E-state index contributed by atoms with van der Waals surface area (Å²) in [6, 6.07) is 9.73. The number of aliphatic hydroxyl groups is 1. The van der Waals surface area contributed by atoms with Gasteiger partial charge < -0.3 is 24.7 Å². The van der Waals surface area contributed by atoms with E-state index in [4.69, 9.17) is 4.98 Å². The van der Waals surface area contributed by atoms with Crippen LogP contribution in [0.1, 0.15) is 17.5 Å². The van der Waals surface area contributed by atoms with E-state index in [0.29, 0.717) is 78.2 Å². The summed E-state index contributed by atoms with van der Waals surface area (Å²) in [6.07, 6.45) is 1.50. The fraction of sp³-hybridized carbons (Fsp3) is 0.357. The van der Waals surface area contributed by atoms with Crippen LogP contribution in [0.25, 0.3) is 16.8 Å². The number of nitriles is 1. The highest BCUT2D eigenvalue weighted by atomic mass is 32.1. The van der Waals surface area contributed by atoms with Gasteiger partial charge in [0.25, 0.3) is 0 Å². The third kappa shape index (κ3) is 4.83. The lowest BCUT2D eigenvalue weighted by atomic mass is 10.1. The van der Waals surface area contributed by atoms with E-state index in [-0.39, 0.29) is 11.8 Å². The number of carbonyl (C=O) groups is 1. The summed E-state index contributed by atoms with van der Waals surface area (Å²) >= 11 is 1.22. The van der Waals surface area contributed by atoms with Crippen molar-refractivity contribution in [2.75, 3.05) is 56.1 Å². The summed E-state index contributed by atoms with van der Waals surface area (Å²) in [7, 11) is 1.84. The second-order valence-corrected chi connectivity index (χ2v) is 11.1. The van der Waals surface area contributed by atoms with E-state index in [1.165, 1.54) is 34.2 Å². The molecule has 212 valence electrons. The molecule has 2 aliphatic heterocycles. The van der Waals surface area contributed by atoms with E-state index in [2.05, 4.69) is 11.2 Å². The molecule has 10 nitrogen and oxygen atoms in total. The van der Waals surface area contributed by atoms with Crippen LogP contribution in [0.2, 0.25) is 0 Å². The molecule has 0 unspecified atom stereocenters. The Morgan fingerprint density at radius 2 is 1.88 bits per heavy atom. The quantitative estimate of drug-likeness (QED) is 0.384. The Hall–Kier alpha value is -4.28. The van der Waals surface area contributed by atoms with E-state index in [1.807, 2.05) is 23.8 Å². The SMILES string of the molecule is CCc1nn2cc(F)c(N3CCN(C(=O)N4CC(O)C4)CC3)cc2c1N(C)c1nc(-c2ccc(F)cc2)c(C#N)s1. The number of thiazole rings is 1. The monoisotopic (exact) mass is 578 g/mol. The Morgan fingerprint density at radius 1 is 1.17 bits per heavy atom. The summed E-state index contributed by atoms with van der Waals surface area (Å²) in [5.74, 6) is -0.784. The number of β-amino-alcohol motifs (C(OH)–C–C–N with tert-alkyl or cyclic N) is 1. The van der Waals surface area contributed by atoms with Crippen molar-refractivity contribution in [1.82, 2.24) is 24.4 Å². The Kier molecular flexibility index (Phi) is 6.96. The highest BCUT2D eigenvalue weighted by Gasteiger charge is 2.34. The zero-order chi connectivity index (χ0) is 28.8. The number of anilines is 3. The van der Waals surface area contributed by atoms with E-state index in [1.54, 1.807) is 28.0 Å². The lowest BCUT2D eigenvalue weighted by molar-refractivity contribution is 0.0145. The highest BCUT2D eigenvalue weighted by Crippen LogP contribution is 2.39. The van der Waals surface area contributed by atoms with Crippen LogP contribution < -0.4 is 9.80 Å². The van der Waals surface area contributed by atoms with Crippen LogP contribution in [-0.2, 0) is 6.42 Å². The third-order valence-corrected chi connectivity index (χ3v) is 8.60. The third-order valence-electron chi connectivity index (χ3n) is 7.56. The van der Waals surface area contributed by atoms with Gasteiger partial charge in [-0.05, 0) is 36.8 Å². The first-order valence-electron chi connectivity index (χ1n) is 13.4. The average molecular weight is 579 g/mol. The van der Waals surface area contributed by atoms with Crippen molar-refractivity contribution in [2.45, 2.75) is 19.4 Å². The fourth-order valence-electron chi connectivity index (χ4n) is 5.32. The van der Waals surface area contributed by atoms with Gasteiger partial charge in [0.05, 0.1) is 48.0 Å². The van der Waals surface area contributed by atoms with Gasteiger partial charge in [0.15, 0.2) is 10.9 Å². The van der Waals surface area contributed by atoms with Crippen molar-refractivity contribution in [1.29, 1.82) is 5.26 Å². The molecule has 0 spiro atoms. The predicted molar refractivity (Wildman–Crippen MR) is 152 cm³/mol. The van der Waals surface area contributed by atoms with Gasteiger partial charge in [-0.25, -0.2) is 23.1 Å². The summed E-state index contributed by atoms with van der Waals surface area (Å²) in [5.41, 5.74) is 3.72. The maximum Gasteiger partial charge on any atom is 0.320 e. The number of aromatic nitrogens is 3. The zero-order valence-electron chi connectivity index (χ0n) is 22.6. The minimum atomic E-state index is -0.456. The van der Waals surface area contributed by atoms with Crippen LogP contribution in [0.3, 0.4) is 0 Å². The number of carbonyl (C=O) groups excluding carboxylic acids is 1. The first-order valence-corrected chi connectivity index (χ1v) is 14.2. The largest absolute Gasteiger partial charge is 0.389 e. The van der Waals surface area contributed by atoms with Crippen molar-refractivity contribution < 1.29 is 18.7 Å². The number of urea groups is 1. The molecular weight excluding hydrogens is 550 g/mol. The maximum absolute atomic E-state index is 15.4. The molecule has 5 heterocycles. The lowest BCUT2D eigenvalue weighted by Crippen LogP contribution is -2.60. The Bertz CT molecular complexity index is 1650. The van der Waals surface area contributed by atoms with E-state index >= 15 is 4.39 Å². The topological polar surface area (TPSA) is 104 Å². The number of pyridine rings is 1. The van der Waals surface area contributed by atoms with E-state index < -0.39 is 11.9 Å². The number of aryl methyl sites for hydroxylation is 1. The number of likely N-dealkylation sites (tertiary alicyclic amines) is 1. The van der Waals surface area contributed by atoms with Crippen molar-refractivity contribution in [2.24, 2.45) is 0 Å². The number of benzene rings is 1. The number of fused-ring (bicyclic) bond motifs is 1. The minimum Gasteiger partial charge on any atom is -0.389 e. The van der Waals surface area contributed by atoms with Gasteiger partial charge in [-0.2, -0.15) is 10.4 Å². The summed E-state index contributed by atoms with van der Waals surface area (Å²) < 4.78 is 30.4. The van der Waals surface area contributed by atoms with Gasteiger partial charge in [-0.1, -0.05) is 18.3 Å². The molecule has 0 atom stereocenters. The molecule has 2 fully saturated rings. The molecule has 1 aromatic carbocycles. The number of rotatable bonds is 5. The fourth-order valence-corrected chi connectivity index (χ4v) is 6.17. The standard InChI is InChI=1S/C28H28F2N8O2S/c1-3-21-26(34(2)27-32-25(24(13-31)41-27)17-4-6-18(29)7-5-17)23-12-22(20(30)16-38(23)33-21)35-8-10-36(11-9-35)28(40)37-14-19(39)15-37/h4-7,12,16,19,39H,3,8-11,14-15H2,1-2H3. The van der Waals surface area contributed by atoms with Crippen molar-refractivity contribution in [3.05, 3.63) is 58.7 Å². The van der Waals surface area contributed by atoms with Crippen LogP contribution in [-0.4, -0.2) is 88.0 Å². The Balaban J connectivity index is 1.30. The Labute approximate surface area is 239 Å². The molecule has 0 saturated carbocycles. The summed E-state index contributed by atoms with van der Waals surface area (Å²) in [6.45, 7) is 4.50. The zero-order valence-corrected chi connectivity index (χ0v) is 23.4. The van der Waals surface area contributed by atoms with Crippen molar-refractivity contribution in [3.63, 3.8) is 0 Å². The van der Waals surface area contributed by atoms with Crippen LogP contribution in [0, 0.1) is 23.0 Å². The van der Waals surface area contributed by atoms with Gasteiger partial charge in [0.2, 0.25) is 0 Å². The lowest BCUT2D eigenvalue weighted by Gasteiger charge is -2.42. The van der Waals surface area contributed by atoms with Crippen LogP contribution >= 0.6 is 11.3 Å². The van der Waals surface area contributed by atoms with E-state index in [9.17, 15) is 19.6 Å². The number of halogens is 2. The number of hydrogen-bond donors (Lipinski definition) is 1. The summed E-state index contributed by atoms with van der Waals surface area (Å²) in [5, 5.41) is 24.5. The molecule has 1 N–H and O–H groups in total. The number of hydrogen-bond acceptors (Lipinski definition) is 8. The molecule has 0 aliphatic carbocycles. The number of nitrogens with zero attached hydrogens (tertiary/aromatic N) is 8. The molecular formula is C28H28F2N8O2S. The molecule has 2 amide bonds. The maximum atomic E-state index is 15.4. The van der Waals surface area contributed by atoms with Crippen LogP contribution in [0.4, 0.5) is 30.1 Å². The van der Waals surface area contributed by atoms with Gasteiger partial charge in [0.1, 0.15) is 22.5 Å². The average Bonchev–Trinajstić information content (AvgIpc) is 3.56. The summed E-state index contributed by atoms with van der Waals surface area (Å²) in [4.78, 5) is 24.9. The van der Waals surface area contributed by atoms with E-state index in [0.717, 1.165) is 11.4 Å². The predicted octanol–water partition coefficient (Wildman–Crippen LogP) is 3.86. The number of amides is 2. The molecule has 6 rings (SSSR count). The van der Waals surface area contributed by atoms with Gasteiger partial charge in [-0.3, -0.25) is 0 Å². The number of aliphatic hydroxyl groups excluding tert-OH is 1. The first kappa shape index (κ1) is 26.9. The second-order valence-electron chi connectivity index (χ2n) is 10.2.